The van der Waals surface area contributed by atoms with Gasteiger partial charge in [-0.2, -0.15) is 0 Å². The van der Waals surface area contributed by atoms with Crippen LogP contribution < -0.4 is 5.73 Å². The molecule has 0 bridgehead atoms. The van der Waals surface area contributed by atoms with Gasteiger partial charge in [-0.15, -0.1) is 0 Å². The number of nitrogens with two attached hydrogens (primary N) is 1. The summed E-state index contributed by atoms with van der Waals surface area (Å²) in [5.74, 6) is -0.687. The average Bonchev–Trinajstić information content (AvgIpc) is 2.35. The smallest absolute Gasteiger partial charge is 0.302 e. The number of nitrogens with zero attached hydrogens (tertiary/aromatic N) is 1. The van der Waals surface area contributed by atoms with Crippen molar-refractivity contribution in [1.29, 1.82) is 0 Å². The molecule has 0 fully saturated rings. The molecule has 0 spiro atoms. The fourth-order valence-electron chi connectivity index (χ4n) is 1.30. The summed E-state index contributed by atoms with van der Waals surface area (Å²) in [6.45, 7) is 0.536. The lowest BCUT2D eigenvalue weighted by Gasteiger charge is -2.12. The molecule has 0 heterocycles. The molecular formula is C10H12N2O6S. The molecule has 1 aromatic rings. The Balaban J connectivity index is 3.13. The molecule has 0 amide bonds. The monoisotopic (exact) mass is 288 g/mol. The van der Waals surface area contributed by atoms with Crippen LogP contribution in [0.4, 0.5) is 5.69 Å². The first-order chi connectivity index (χ1) is 8.76. The fourth-order valence-corrected chi connectivity index (χ4v) is 2.58. The lowest BCUT2D eigenvalue weighted by atomic mass is 10.3. The van der Waals surface area contributed by atoms with Gasteiger partial charge in [-0.05, 0) is 6.07 Å². The number of hydrogen-bond acceptors (Lipinski definition) is 7. The van der Waals surface area contributed by atoms with Crippen molar-refractivity contribution in [2.24, 2.45) is 5.73 Å². The largest absolute Gasteiger partial charge is 0.463 e. The zero-order valence-electron chi connectivity index (χ0n) is 9.98. The van der Waals surface area contributed by atoms with Crippen molar-refractivity contribution in [3.63, 3.8) is 0 Å². The Morgan fingerprint density at radius 1 is 1.47 bits per heavy atom. The minimum absolute atomic E-state index is 0.500. The third-order valence-electron chi connectivity index (χ3n) is 2.22. The number of para-hydroxylation sites is 1. The predicted octanol–water partition coefficient (Wildman–Crippen LogP) is 0.216. The molecule has 0 aliphatic carbocycles. The Labute approximate surface area is 109 Å². The van der Waals surface area contributed by atoms with Gasteiger partial charge in [-0.3, -0.25) is 14.9 Å². The molecule has 0 saturated heterocycles. The average molecular weight is 288 g/mol. The van der Waals surface area contributed by atoms with Gasteiger partial charge in [0.2, 0.25) is 9.84 Å². The number of nitro benzene ring substituents is 1. The number of ether oxygens (including phenoxy) is 1. The molecule has 1 aromatic carbocycles. The first kappa shape index (κ1) is 15.1. The number of benzene rings is 1. The number of nitro groups is 1. The van der Waals surface area contributed by atoms with Crippen LogP contribution in [-0.2, 0) is 19.4 Å². The van der Waals surface area contributed by atoms with E-state index in [2.05, 4.69) is 4.74 Å². The third-order valence-corrected chi connectivity index (χ3v) is 4.11. The van der Waals surface area contributed by atoms with E-state index in [0.717, 1.165) is 19.1 Å². The number of sulfone groups is 1. The van der Waals surface area contributed by atoms with E-state index in [0.29, 0.717) is 0 Å². The van der Waals surface area contributed by atoms with Gasteiger partial charge in [0.15, 0.2) is 0 Å². The number of hydrogen-bond donors (Lipinski definition) is 1. The fraction of sp³-hybridized carbons (Fsp3) is 0.300. The molecule has 0 aliphatic heterocycles. The molecule has 19 heavy (non-hydrogen) atoms. The van der Waals surface area contributed by atoms with Gasteiger partial charge in [0.1, 0.15) is 16.9 Å². The number of carbonyl (C=O) groups is 1. The van der Waals surface area contributed by atoms with Crippen LogP contribution in [0.2, 0.25) is 0 Å². The summed E-state index contributed by atoms with van der Waals surface area (Å²) < 4.78 is 28.6. The van der Waals surface area contributed by atoms with Crippen LogP contribution in [0.3, 0.4) is 0 Å². The SMILES string of the molecule is CC(=O)OCC(N)S(=O)(=O)c1ccccc1[N+](=O)[O-]. The van der Waals surface area contributed by atoms with Gasteiger partial charge in [0.25, 0.3) is 5.69 Å². The van der Waals surface area contributed by atoms with E-state index in [1.165, 1.54) is 12.1 Å². The zero-order valence-corrected chi connectivity index (χ0v) is 10.8. The van der Waals surface area contributed by atoms with Crippen molar-refractivity contribution in [3.8, 4) is 0 Å². The maximum absolute atomic E-state index is 12.0. The second kappa shape index (κ2) is 5.76. The highest BCUT2D eigenvalue weighted by molar-refractivity contribution is 7.92. The van der Waals surface area contributed by atoms with E-state index in [-0.39, 0.29) is 0 Å². The van der Waals surface area contributed by atoms with Crippen LogP contribution in [0.1, 0.15) is 6.92 Å². The highest BCUT2D eigenvalue weighted by Crippen LogP contribution is 2.25. The topological polar surface area (TPSA) is 130 Å². The van der Waals surface area contributed by atoms with Crippen molar-refractivity contribution in [2.45, 2.75) is 17.2 Å². The molecular weight excluding hydrogens is 276 g/mol. The molecule has 0 aromatic heterocycles. The maximum atomic E-state index is 12.0. The van der Waals surface area contributed by atoms with Crippen LogP contribution in [0.25, 0.3) is 0 Å². The first-order valence-electron chi connectivity index (χ1n) is 5.13. The van der Waals surface area contributed by atoms with Crippen molar-refractivity contribution in [3.05, 3.63) is 34.4 Å². The quantitative estimate of drug-likeness (QED) is 0.465. The van der Waals surface area contributed by atoms with Crippen molar-refractivity contribution in [2.75, 3.05) is 6.61 Å². The molecule has 1 rings (SSSR count). The molecule has 1 unspecified atom stereocenters. The standard InChI is InChI=1S/C10H12N2O6S/c1-7(13)18-6-10(11)19(16,17)9-5-3-2-4-8(9)12(14)15/h2-5,10H,6,11H2,1H3. The molecule has 1 atom stereocenters. The molecule has 0 aliphatic rings. The van der Waals surface area contributed by atoms with E-state index in [4.69, 9.17) is 5.73 Å². The van der Waals surface area contributed by atoms with Gasteiger partial charge in [-0.25, -0.2) is 8.42 Å². The van der Waals surface area contributed by atoms with Crippen molar-refractivity contribution < 1.29 is 22.9 Å². The summed E-state index contributed by atoms with van der Waals surface area (Å²) in [5, 5.41) is 9.21. The summed E-state index contributed by atoms with van der Waals surface area (Å²) >= 11 is 0. The Bertz CT molecular complexity index is 598. The molecule has 0 saturated carbocycles. The van der Waals surface area contributed by atoms with Crippen molar-refractivity contribution >= 4 is 21.5 Å². The Morgan fingerprint density at radius 2 is 2.05 bits per heavy atom. The molecule has 8 nitrogen and oxygen atoms in total. The van der Waals surface area contributed by atoms with E-state index >= 15 is 0 Å². The van der Waals surface area contributed by atoms with Gasteiger partial charge in [0.05, 0.1) is 4.92 Å². The van der Waals surface area contributed by atoms with E-state index in [9.17, 15) is 23.3 Å². The molecule has 0 radical (unpaired) electrons. The normalized spacial score (nSPS) is 12.7. The van der Waals surface area contributed by atoms with Gasteiger partial charge in [0, 0.05) is 13.0 Å². The number of esters is 1. The summed E-state index contributed by atoms with van der Waals surface area (Å²) in [6.07, 6.45) is 0. The Morgan fingerprint density at radius 3 is 2.58 bits per heavy atom. The summed E-state index contributed by atoms with van der Waals surface area (Å²) in [6, 6.07) is 4.83. The highest BCUT2D eigenvalue weighted by Gasteiger charge is 2.31. The predicted molar refractivity (Wildman–Crippen MR) is 64.9 cm³/mol. The van der Waals surface area contributed by atoms with Crippen LogP contribution in [0.15, 0.2) is 29.2 Å². The molecule has 104 valence electrons. The minimum Gasteiger partial charge on any atom is -0.463 e. The Kier molecular flexibility index (Phi) is 4.57. The molecule has 2 N–H and O–H groups in total. The third kappa shape index (κ3) is 3.48. The van der Waals surface area contributed by atoms with E-state index in [1.807, 2.05) is 0 Å². The lowest BCUT2D eigenvalue weighted by Crippen LogP contribution is -2.36. The number of carbonyl (C=O) groups excluding carboxylic acids is 1. The van der Waals surface area contributed by atoms with Crippen LogP contribution in [0, 0.1) is 10.1 Å². The zero-order chi connectivity index (χ0) is 14.6. The number of rotatable bonds is 5. The van der Waals surface area contributed by atoms with Gasteiger partial charge in [-0.1, -0.05) is 12.1 Å². The van der Waals surface area contributed by atoms with Gasteiger partial charge >= 0.3 is 5.97 Å². The van der Waals surface area contributed by atoms with Gasteiger partial charge < -0.3 is 10.5 Å². The van der Waals surface area contributed by atoms with Crippen LogP contribution >= 0.6 is 0 Å². The second-order valence-corrected chi connectivity index (χ2v) is 5.75. The summed E-state index contributed by atoms with van der Waals surface area (Å²) in [5.41, 5.74) is 4.84. The highest BCUT2D eigenvalue weighted by atomic mass is 32.2. The molecule has 9 heteroatoms. The Hall–Kier alpha value is -2.00. The van der Waals surface area contributed by atoms with Crippen LogP contribution in [-0.4, -0.2) is 31.3 Å². The maximum Gasteiger partial charge on any atom is 0.302 e. The van der Waals surface area contributed by atoms with E-state index in [1.54, 1.807) is 0 Å². The first-order valence-corrected chi connectivity index (χ1v) is 6.67. The second-order valence-electron chi connectivity index (χ2n) is 3.61. The summed E-state index contributed by atoms with van der Waals surface area (Å²) in [7, 11) is -4.15. The summed E-state index contributed by atoms with van der Waals surface area (Å²) in [4.78, 5) is 20.1. The van der Waals surface area contributed by atoms with Crippen LogP contribution in [0.5, 0.6) is 0 Å². The van der Waals surface area contributed by atoms with Crippen molar-refractivity contribution in [1.82, 2.24) is 0 Å². The minimum atomic E-state index is -4.15. The van der Waals surface area contributed by atoms with E-state index < -0.39 is 43.3 Å². The lowest BCUT2D eigenvalue weighted by molar-refractivity contribution is -0.387.